The van der Waals surface area contributed by atoms with Gasteiger partial charge in [0.1, 0.15) is 17.1 Å². The van der Waals surface area contributed by atoms with E-state index >= 15 is 0 Å². The first-order valence-corrected chi connectivity index (χ1v) is 23.5. The second kappa shape index (κ2) is 18.4. The van der Waals surface area contributed by atoms with Gasteiger partial charge in [0.25, 0.3) is 5.69 Å². The van der Waals surface area contributed by atoms with Gasteiger partial charge in [0.15, 0.2) is 27.0 Å². The number of nitrogens with two attached hydrogens (primary N) is 1. The molecule has 1 aromatic heterocycles. The Balaban J connectivity index is 1.03. The summed E-state index contributed by atoms with van der Waals surface area (Å²) in [4.78, 5) is 10.9. The van der Waals surface area contributed by atoms with E-state index in [4.69, 9.17) is 5.73 Å². The van der Waals surface area contributed by atoms with E-state index < -0.39 is 14.8 Å². The number of phenolic OH excluding ortho intramolecular Hbond substituents is 2. The molecule has 0 saturated carbocycles. The summed E-state index contributed by atoms with van der Waals surface area (Å²) < 4.78 is 25.1. The third kappa shape index (κ3) is 9.01. The molecule has 7 aromatic carbocycles. The van der Waals surface area contributed by atoms with Crippen molar-refractivity contribution in [2.24, 2.45) is 40.9 Å². The van der Waals surface area contributed by atoms with Gasteiger partial charge in [-0.25, -0.2) is 8.42 Å². The summed E-state index contributed by atoms with van der Waals surface area (Å²) in [5.74, 6) is -0.520. The predicted molar refractivity (Wildman–Crippen MR) is 268 cm³/mol. The Bertz CT molecular complexity index is 3750. The molecule has 1 heterocycles. The highest BCUT2D eigenvalue weighted by atomic mass is 32.2. The lowest BCUT2D eigenvalue weighted by molar-refractivity contribution is -0.384. The minimum absolute atomic E-state index is 0.0657. The maximum Gasteiger partial charge on any atom is 0.269 e. The number of phenols is 2. The van der Waals surface area contributed by atoms with Crippen LogP contribution >= 0.6 is 0 Å². The molecular formula is C50H46N12O7S. The third-order valence-corrected chi connectivity index (χ3v) is 13.1. The van der Waals surface area contributed by atoms with Crippen molar-refractivity contribution in [1.82, 2.24) is 9.78 Å². The fraction of sp³-hybridized carbons (Fsp3) is 0.180. The fourth-order valence-corrected chi connectivity index (χ4v) is 8.57. The molecule has 20 heteroatoms. The van der Waals surface area contributed by atoms with E-state index in [1.54, 1.807) is 63.2 Å². The predicted octanol–water partition coefficient (Wildman–Crippen LogP) is 14.3. The summed E-state index contributed by atoms with van der Waals surface area (Å²) in [6.45, 7) is 14.4. The number of rotatable bonds is 11. The number of nitro groups is 1. The quantitative estimate of drug-likeness (QED) is 0.0414. The van der Waals surface area contributed by atoms with Crippen molar-refractivity contribution in [2.75, 3.05) is 12.0 Å². The Morgan fingerprint density at radius 1 is 0.557 bits per heavy atom. The molecule has 19 nitrogen and oxygen atoms in total. The Hall–Kier alpha value is -8.78. The highest BCUT2D eigenvalue weighted by Crippen LogP contribution is 2.47. The molecule has 0 bridgehead atoms. The van der Waals surface area contributed by atoms with Gasteiger partial charge in [-0.05, 0) is 178 Å². The first-order chi connectivity index (χ1) is 33.1. The molecule has 0 aliphatic heterocycles. The number of nitro benzene ring substituents is 1. The smallest absolute Gasteiger partial charge is 0.269 e. The van der Waals surface area contributed by atoms with E-state index in [1.807, 2.05) is 46.8 Å². The molecular weight excluding hydrogens is 913 g/mol. The van der Waals surface area contributed by atoms with Crippen LogP contribution in [0.1, 0.15) is 44.6 Å². The van der Waals surface area contributed by atoms with Gasteiger partial charge in [-0.2, -0.15) is 30.2 Å². The van der Waals surface area contributed by atoms with Gasteiger partial charge < -0.3 is 21.1 Å². The van der Waals surface area contributed by atoms with Crippen LogP contribution in [0.5, 0.6) is 17.4 Å². The number of aryl methyl sites for hydroxylation is 8. The van der Waals surface area contributed by atoms with Crippen LogP contribution in [0.15, 0.2) is 131 Å². The van der Waals surface area contributed by atoms with E-state index in [1.165, 1.54) is 35.0 Å². The second-order valence-electron chi connectivity index (χ2n) is 17.0. The van der Waals surface area contributed by atoms with Crippen LogP contribution in [-0.2, 0) is 9.84 Å². The molecule has 0 unspecified atom stereocenters. The highest BCUT2D eigenvalue weighted by Gasteiger charge is 2.20. The van der Waals surface area contributed by atoms with Crippen molar-refractivity contribution >= 4 is 88.3 Å². The van der Waals surface area contributed by atoms with Crippen molar-refractivity contribution in [3.05, 3.63) is 140 Å². The zero-order valence-corrected chi connectivity index (χ0v) is 40.3. The maximum atomic E-state index is 11.9. The fourth-order valence-electron chi connectivity index (χ4n) is 7.94. The van der Waals surface area contributed by atoms with Gasteiger partial charge in [0.2, 0.25) is 5.88 Å². The molecule has 0 spiro atoms. The lowest BCUT2D eigenvalue weighted by atomic mass is 9.98. The zero-order chi connectivity index (χ0) is 50.5. The van der Waals surface area contributed by atoms with E-state index in [0.717, 1.165) is 33.9 Å². The topological polar surface area (TPSA) is 281 Å². The van der Waals surface area contributed by atoms with E-state index in [-0.39, 0.29) is 50.7 Å². The monoisotopic (exact) mass is 958 g/mol. The van der Waals surface area contributed by atoms with Gasteiger partial charge in [-0.15, -0.1) is 20.5 Å². The Labute approximate surface area is 401 Å². The van der Waals surface area contributed by atoms with E-state index in [0.29, 0.717) is 72.7 Å². The first kappa shape index (κ1) is 47.7. The SMILES string of the molecule is Cc1cc(N=Nc2c(C)nn(-c3ccc(S(C)(=O)=O)cc3)c2O)c(C)cc1N=Nc1c(C)cc2c(C)c(N=Nc3cc(C)c4cc(C)c(N=Nc5ccc([N+](=O)[O-])cc5C)c(O)c4c3N)ccc2c1O. The number of anilines is 1. The highest BCUT2D eigenvalue weighted by molar-refractivity contribution is 7.90. The van der Waals surface area contributed by atoms with Crippen LogP contribution in [0.4, 0.5) is 56.9 Å². The van der Waals surface area contributed by atoms with Crippen molar-refractivity contribution < 1.29 is 28.7 Å². The van der Waals surface area contributed by atoms with Crippen LogP contribution in [0, 0.1) is 65.5 Å². The van der Waals surface area contributed by atoms with E-state index in [2.05, 4.69) is 46.0 Å². The number of nitrogen functional groups attached to an aromatic ring is 1. The summed E-state index contributed by atoms with van der Waals surface area (Å²) in [7, 11) is -3.40. The number of sulfone groups is 1. The molecule has 5 N–H and O–H groups in total. The number of hydrogen-bond acceptors (Lipinski definition) is 17. The molecule has 354 valence electrons. The number of non-ortho nitro benzene ring substituents is 1. The summed E-state index contributed by atoms with van der Waals surface area (Å²) in [5, 5.41) is 87.3. The molecule has 0 saturated heterocycles. The average Bonchev–Trinajstić information content (AvgIpc) is 3.59. The minimum atomic E-state index is -3.40. The molecule has 8 aromatic rings. The lowest BCUT2D eigenvalue weighted by Crippen LogP contribution is -1.99. The first-order valence-electron chi connectivity index (χ1n) is 21.6. The van der Waals surface area contributed by atoms with Crippen LogP contribution in [0.25, 0.3) is 27.2 Å². The number of hydrogen-bond donors (Lipinski definition) is 4. The normalized spacial score (nSPS) is 12.3. The lowest BCUT2D eigenvalue weighted by Gasteiger charge is -2.14. The van der Waals surface area contributed by atoms with Crippen LogP contribution in [-0.4, -0.2) is 44.7 Å². The summed E-state index contributed by atoms with van der Waals surface area (Å²) in [6, 6.07) is 22.8. The Kier molecular flexibility index (Phi) is 12.5. The van der Waals surface area contributed by atoms with Gasteiger partial charge in [-0.3, -0.25) is 10.1 Å². The van der Waals surface area contributed by atoms with Gasteiger partial charge >= 0.3 is 0 Å². The number of azo groups is 4. The molecule has 70 heavy (non-hydrogen) atoms. The van der Waals surface area contributed by atoms with Gasteiger partial charge in [0, 0.05) is 23.8 Å². The minimum Gasteiger partial charge on any atom is -0.505 e. The van der Waals surface area contributed by atoms with Gasteiger partial charge in [0.05, 0.1) is 55.0 Å². The number of aromatic hydroxyl groups is 3. The molecule has 0 atom stereocenters. The van der Waals surface area contributed by atoms with Crippen LogP contribution in [0.3, 0.4) is 0 Å². The van der Waals surface area contributed by atoms with Gasteiger partial charge in [-0.1, -0.05) is 0 Å². The third-order valence-electron chi connectivity index (χ3n) is 11.9. The van der Waals surface area contributed by atoms with Crippen LogP contribution in [0.2, 0.25) is 0 Å². The summed E-state index contributed by atoms with van der Waals surface area (Å²) in [5.41, 5.74) is 15.3. The second-order valence-corrected chi connectivity index (χ2v) is 19.0. The number of aromatic nitrogens is 2. The standard InChI is InChI=1S/C50H46N12O7S/c1-24-21-42(44(51)43-36(24)19-28(5)46(49(43)64)58-52-38-16-12-33(62(66)67)18-25(38)2)56-53-39-17-15-35-37(30(39)7)20-29(6)45(48(35)63)57-54-40-22-27(4)41(23-26(40)3)55-59-47-31(8)60-61(50(47)65)32-10-13-34(14-11-32)70(9,68)69/h10-23,63-65H,51H2,1-9H3. The number of fused-ring (bicyclic) bond motifs is 2. The molecule has 0 aliphatic rings. The molecule has 0 amide bonds. The average molecular weight is 959 g/mol. The Morgan fingerprint density at radius 3 is 1.67 bits per heavy atom. The summed E-state index contributed by atoms with van der Waals surface area (Å²) in [6.07, 6.45) is 1.12. The molecule has 0 fully saturated rings. The van der Waals surface area contributed by atoms with Crippen molar-refractivity contribution in [1.29, 1.82) is 0 Å². The largest absolute Gasteiger partial charge is 0.505 e. The zero-order valence-electron chi connectivity index (χ0n) is 39.5. The number of benzene rings is 7. The van der Waals surface area contributed by atoms with Crippen molar-refractivity contribution in [2.45, 2.75) is 60.3 Å². The maximum absolute atomic E-state index is 11.9. The Morgan fingerprint density at radius 2 is 1.07 bits per heavy atom. The van der Waals surface area contributed by atoms with Crippen molar-refractivity contribution in [3.8, 4) is 23.1 Å². The molecule has 8 rings (SSSR count). The number of nitrogens with zero attached hydrogens (tertiary/aromatic N) is 11. The molecule has 0 aliphatic carbocycles. The van der Waals surface area contributed by atoms with Crippen LogP contribution < -0.4 is 5.73 Å². The summed E-state index contributed by atoms with van der Waals surface area (Å²) >= 11 is 0. The van der Waals surface area contributed by atoms with E-state index in [9.17, 15) is 33.9 Å². The molecule has 0 radical (unpaired) electrons. The van der Waals surface area contributed by atoms with Crippen molar-refractivity contribution in [3.63, 3.8) is 0 Å².